The van der Waals surface area contributed by atoms with Crippen LogP contribution in [-0.4, -0.2) is 32.8 Å². The summed E-state index contributed by atoms with van der Waals surface area (Å²) in [5.74, 6) is 0.402. The number of benzene rings is 1. The number of rotatable bonds is 3. The van der Waals surface area contributed by atoms with Gasteiger partial charge in [0.25, 0.3) is 0 Å². The van der Waals surface area contributed by atoms with Gasteiger partial charge in [-0.1, -0.05) is 0 Å². The molecule has 94 valence electrons. The van der Waals surface area contributed by atoms with E-state index >= 15 is 0 Å². The number of nitrogens with zero attached hydrogens (tertiary/aromatic N) is 1. The summed E-state index contributed by atoms with van der Waals surface area (Å²) in [6, 6.07) is 5.11. The quantitative estimate of drug-likeness (QED) is 0.872. The summed E-state index contributed by atoms with van der Waals surface area (Å²) in [6.45, 7) is 6.13. The molecule has 1 aromatic carbocycles. The fourth-order valence-corrected chi connectivity index (χ4v) is 2.09. The molecule has 1 aliphatic heterocycles. The smallest absolute Gasteiger partial charge is 0.150 e. The lowest BCUT2D eigenvalue weighted by Gasteiger charge is -2.23. The molecule has 1 fully saturated rings. The molecule has 17 heavy (non-hydrogen) atoms. The lowest BCUT2D eigenvalue weighted by atomic mass is 10.2. The minimum Gasteiger partial charge on any atom is -0.494 e. The molecule has 4 heteroatoms. The van der Waals surface area contributed by atoms with Crippen LogP contribution in [0.4, 0.5) is 10.1 Å². The molecule has 0 spiro atoms. The molecular formula is C13H19FN2O. The third kappa shape index (κ3) is 3.09. The first-order valence-corrected chi connectivity index (χ1v) is 6.19. The second-order valence-corrected chi connectivity index (χ2v) is 4.14. The van der Waals surface area contributed by atoms with Crippen LogP contribution in [0.25, 0.3) is 0 Å². The molecule has 1 aliphatic rings. The second-order valence-electron chi connectivity index (χ2n) is 4.14. The monoisotopic (exact) mass is 238 g/mol. The number of halogens is 1. The molecule has 1 saturated heterocycles. The van der Waals surface area contributed by atoms with Crippen molar-refractivity contribution < 1.29 is 9.13 Å². The van der Waals surface area contributed by atoms with Crippen molar-refractivity contribution in [2.75, 3.05) is 37.7 Å². The van der Waals surface area contributed by atoms with Gasteiger partial charge in [0, 0.05) is 25.7 Å². The standard InChI is InChI=1S/C13H19FN2O/c1-2-17-11-4-5-13(12(14)10-11)16-8-3-6-15-7-9-16/h4-5,10,15H,2-3,6-9H2,1H3. The van der Waals surface area contributed by atoms with Gasteiger partial charge in [-0.3, -0.25) is 0 Å². The molecule has 0 bridgehead atoms. The van der Waals surface area contributed by atoms with Gasteiger partial charge in [0.05, 0.1) is 12.3 Å². The molecule has 1 heterocycles. The van der Waals surface area contributed by atoms with Crippen LogP contribution in [-0.2, 0) is 0 Å². The first-order valence-electron chi connectivity index (χ1n) is 6.19. The maximum Gasteiger partial charge on any atom is 0.150 e. The predicted molar refractivity (Wildman–Crippen MR) is 67.3 cm³/mol. The van der Waals surface area contributed by atoms with E-state index in [1.807, 2.05) is 19.1 Å². The van der Waals surface area contributed by atoms with Gasteiger partial charge in [-0.05, 0) is 32.0 Å². The van der Waals surface area contributed by atoms with Crippen molar-refractivity contribution in [3.63, 3.8) is 0 Å². The zero-order valence-electron chi connectivity index (χ0n) is 10.2. The SMILES string of the molecule is CCOc1ccc(N2CCCNCC2)c(F)c1. The highest BCUT2D eigenvalue weighted by Gasteiger charge is 2.13. The molecule has 0 saturated carbocycles. The Morgan fingerprint density at radius 2 is 2.24 bits per heavy atom. The normalized spacial score (nSPS) is 16.7. The van der Waals surface area contributed by atoms with E-state index in [1.54, 1.807) is 0 Å². The molecule has 1 N–H and O–H groups in total. The van der Waals surface area contributed by atoms with Crippen molar-refractivity contribution in [2.45, 2.75) is 13.3 Å². The Labute approximate surface area is 102 Å². The maximum atomic E-state index is 13.9. The Balaban J connectivity index is 2.14. The van der Waals surface area contributed by atoms with E-state index in [1.165, 1.54) is 6.07 Å². The van der Waals surface area contributed by atoms with Gasteiger partial charge in [-0.2, -0.15) is 0 Å². The van der Waals surface area contributed by atoms with E-state index in [4.69, 9.17) is 4.74 Å². The summed E-state index contributed by atoms with van der Waals surface area (Å²) in [5, 5.41) is 3.31. The van der Waals surface area contributed by atoms with Crippen molar-refractivity contribution in [1.29, 1.82) is 0 Å². The Bertz CT molecular complexity index is 362. The number of ether oxygens (including phenoxy) is 1. The molecule has 0 atom stereocenters. The Kier molecular flexibility index (Phi) is 4.20. The maximum absolute atomic E-state index is 13.9. The van der Waals surface area contributed by atoms with Crippen molar-refractivity contribution >= 4 is 5.69 Å². The van der Waals surface area contributed by atoms with E-state index in [0.717, 1.165) is 32.6 Å². The first-order chi connectivity index (χ1) is 8.31. The van der Waals surface area contributed by atoms with Crippen LogP contribution in [0.5, 0.6) is 5.75 Å². The largest absolute Gasteiger partial charge is 0.494 e. The molecule has 0 unspecified atom stereocenters. The zero-order chi connectivity index (χ0) is 12.1. The van der Waals surface area contributed by atoms with E-state index in [-0.39, 0.29) is 5.82 Å². The van der Waals surface area contributed by atoms with Crippen LogP contribution in [0.2, 0.25) is 0 Å². The van der Waals surface area contributed by atoms with Crippen LogP contribution < -0.4 is 15.0 Å². The van der Waals surface area contributed by atoms with Gasteiger partial charge in [0.1, 0.15) is 11.6 Å². The van der Waals surface area contributed by atoms with E-state index in [0.29, 0.717) is 18.0 Å². The molecule has 2 rings (SSSR count). The van der Waals surface area contributed by atoms with E-state index in [9.17, 15) is 4.39 Å². The van der Waals surface area contributed by atoms with E-state index < -0.39 is 0 Å². The number of hydrogen-bond acceptors (Lipinski definition) is 3. The Hall–Kier alpha value is -1.29. The summed E-state index contributed by atoms with van der Waals surface area (Å²) < 4.78 is 19.2. The molecule has 0 aliphatic carbocycles. The van der Waals surface area contributed by atoms with Crippen molar-refractivity contribution in [1.82, 2.24) is 5.32 Å². The van der Waals surface area contributed by atoms with Gasteiger partial charge in [0.15, 0.2) is 0 Å². The molecule has 0 radical (unpaired) electrons. The fourth-order valence-electron chi connectivity index (χ4n) is 2.09. The molecular weight excluding hydrogens is 219 g/mol. The highest BCUT2D eigenvalue weighted by molar-refractivity contribution is 5.50. The zero-order valence-corrected chi connectivity index (χ0v) is 10.2. The van der Waals surface area contributed by atoms with Gasteiger partial charge < -0.3 is 15.0 Å². The molecule has 3 nitrogen and oxygen atoms in total. The third-order valence-corrected chi connectivity index (χ3v) is 2.91. The summed E-state index contributed by atoms with van der Waals surface area (Å²) in [4.78, 5) is 2.09. The van der Waals surface area contributed by atoms with E-state index in [2.05, 4.69) is 10.2 Å². The average molecular weight is 238 g/mol. The Morgan fingerprint density at radius 3 is 3.00 bits per heavy atom. The lowest BCUT2D eigenvalue weighted by molar-refractivity contribution is 0.338. The average Bonchev–Trinajstić information content (AvgIpc) is 2.58. The minimum absolute atomic E-state index is 0.196. The minimum atomic E-state index is -0.196. The van der Waals surface area contributed by atoms with Crippen molar-refractivity contribution in [2.24, 2.45) is 0 Å². The van der Waals surface area contributed by atoms with Crippen LogP contribution in [0.15, 0.2) is 18.2 Å². The highest BCUT2D eigenvalue weighted by Crippen LogP contribution is 2.24. The topological polar surface area (TPSA) is 24.5 Å². The van der Waals surface area contributed by atoms with Crippen molar-refractivity contribution in [3.8, 4) is 5.75 Å². The predicted octanol–water partition coefficient (Wildman–Crippen LogP) is 2.02. The van der Waals surface area contributed by atoms with Crippen LogP contribution in [0, 0.1) is 5.82 Å². The summed E-state index contributed by atoms with van der Waals surface area (Å²) >= 11 is 0. The third-order valence-electron chi connectivity index (χ3n) is 2.91. The lowest BCUT2D eigenvalue weighted by Crippen LogP contribution is -2.28. The van der Waals surface area contributed by atoms with Crippen molar-refractivity contribution in [3.05, 3.63) is 24.0 Å². The Morgan fingerprint density at radius 1 is 1.35 bits per heavy atom. The molecule has 0 amide bonds. The summed E-state index contributed by atoms with van der Waals surface area (Å²) in [7, 11) is 0. The summed E-state index contributed by atoms with van der Waals surface area (Å²) in [6.07, 6.45) is 1.05. The van der Waals surface area contributed by atoms with Crippen LogP contribution in [0.3, 0.4) is 0 Å². The van der Waals surface area contributed by atoms with Gasteiger partial charge >= 0.3 is 0 Å². The van der Waals surface area contributed by atoms with Gasteiger partial charge in [0.2, 0.25) is 0 Å². The number of anilines is 1. The van der Waals surface area contributed by atoms with Crippen LogP contribution >= 0.6 is 0 Å². The first kappa shape index (κ1) is 12.2. The van der Waals surface area contributed by atoms with Gasteiger partial charge in [-0.15, -0.1) is 0 Å². The number of hydrogen-bond donors (Lipinski definition) is 1. The van der Waals surface area contributed by atoms with Gasteiger partial charge in [-0.25, -0.2) is 4.39 Å². The fraction of sp³-hybridized carbons (Fsp3) is 0.538. The molecule has 1 aromatic rings. The highest BCUT2D eigenvalue weighted by atomic mass is 19.1. The summed E-state index contributed by atoms with van der Waals surface area (Å²) in [5.41, 5.74) is 0.678. The second kappa shape index (κ2) is 5.87. The molecule has 0 aromatic heterocycles. The number of nitrogens with one attached hydrogen (secondary N) is 1. The van der Waals surface area contributed by atoms with Crippen LogP contribution in [0.1, 0.15) is 13.3 Å².